The van der Waals surface area contributed by atoms with Crippen LogP contribution in [-0.2, 0) is 13.0 Å². The van der Waals surface area contributed by atoms with Crippen molar-refractivity contribution in [1.82, 2.24) is 9.78 Å². The topological polar surface area (TPSA) is 64.3 Å². The van der Waals surface area contributed by atoms with Gasteiger partial charge < -0.3 is 9.84 Å². The fourth-order valence-electron chi connectivity index (χ4n) is 2.19. The second kappa shape index (κ2) is 5.16. The average Bonchev–Trinajstić information content (AvgIpc) is 2.79. The second-order valence-corrected chi connectivity index (χ2v) is 4.61. The zero-order chi connectivity index (χ0) is 15.8. The SMILES string of the molecule is COc1cccc(-c2cc(C(=O)O)nn2C)c1C(C)(F)F. The molecule has 0 saturated carbocycles. The number of benzene rings is 1. The monoisotopic (exact) mass is 296 g/mol. The lowest BCUT2D eigenvalue weighted by molar-refractivity contribution is 0.0157. The van der Waals surface area contributed by atoms with E-state index in [9.17, 15) is 13.6 Å². The molecule has 0 saturated heterocycles. The van der Waals surface area contributed by atoms with Gasteiger partial charge in [-0.2, -0.15) is 5.10 Å². The van der Waals surface area contributed by atoms with Crippen molar-refractivity contribution in [2.45, 2.75) is 12.8 Å². The summed E-state index contributed by atoms with van der Waals surface area (Å²) in [7, 11) is 2.80. The molecule has 0 aliphatic rings. The molecule has 2 rings (SSSR count). The number of hydrogen-bond donors (Lipinski definition) is 1. The number of carboxylic acid groups (broad SMARTS) is 1. The minimum absolute atomic E-state index is 0.0399. The van der Waals surface area contributed by atoms with E-state index >= 15 is 0 Å². The lowest BCUT2D eigenvalue weighted by Crippen LogP contribution is -2.12. The Bertz CT molecular complexity index is 690. The molecule has 1 heterocycles. The van der Waals surface area contributed by atoms with Crippen molar-refractivity contribution in [3.8, 4) is 17.0 Å². The first-order valence-corrected chi connectivity index (χ1v) is 6.08. The first-order valence-electron chi connectivity index (χ1n) is 6.08. The van der Waals surface area contributed by atoms with E-state index in [1.54, 1.807) is 6.07 Å². The minimum atomic E-state index is -3.14. The molecule has 0 aliphatic heterocycles. The molecule has 1 N–H and O–H groups in total. The minimum Gasteiger partial charge on any atom is -0.496 e. The Morgan fingerprint density at radius 1 is 1.43 bits per heavy atom. The molecule has 0 amide bonds. The largest absolute Gasteiger partial charge is 0.496 e. The molecule has 5 nitrogen and oxygen atoms in total. The maximum absolute atomic E-state index is 13.9. The van der Waals surface area contributed by atoms with Gasteiger partial charge in [0.2, 0.25) is 0 Å². The highest BCUT2D eigenvalue weighted by Crippen LogP contribution is 2.41. The van der Waals surface area contributed by atoms with Gasteiger partial charge in [-0.1, -0.05) is 12.1 Å². The highest BCUT2D eigenvalue weighted by atomic mass is 19.3. The van der Waals surface area contributed by atoms with E-state index in [0.717, 1.165) is 6.92 Å². The predicted molar refractivity (Wildman–Crippen MR) is 71.7 cm³/mol. The van der Waals surface area contributed by atoms with Crippen molar-refractivity contribution in [3.05, 3.63) is 35.5 Å². The molecule has 0 unspecified atom stereocenters. The number of hydrogen-bond acceptors (Lipinski definition) is 3. The van der Waals surface area contributed by atoms with Gasteiger partial charge in [0, 0.05) is 19.5 Å². The van der Waals surface area contributed by atoms with Crippen LogP contribution in [0.1, 0.15) is 23.0 Å². The van der Waals surface area contributed by atoms with Gasteiger partial charge in [-0.05, 0) is 12.1 Å². The van der Waals surface area contributed by atoms with Crippen molar-refractivity contribution < 1.29 is 23.4 Å². The maximum Gasteiger partial charge on any atom is 0.356 e. The van der Waals surface area contributed by atoms with Crippen LogP contribution in [0.3, 0.4) is 0 Å². The van der Waals surface area contributed by atoms with Crippen molar-refractivity contribution in [3.63, 3.8) is 0 Å². The summed E-state index contributed by atoms with van der Waals surface area (Å²) in [6.07, 6.45) is 0. The lowest BCUT2D eigenvalue weighted by Gasteiger charge is -2.19. The quantitative estimate of drug-likeness (QED) is 0.942. The van der Waals surface area contributed by atoms with Crippen LogP contribution in [0.4, 0.5) is 8.78 Å². The molecule has 0 bridgehead atoms. The van der Waals surface area contributed by atoms with Crippen molar-refractivity contribution >= 4 is 5.97 Å². The summed E-state index contributed by atoms with van der Waals surface area (Å²) in [5.41, 5.74) is -0.0414. The maximum atomic E-state index is 13.9. The number of methoxy groups -OCH3 is 1. The van der Waals surface area contributed by atoms with Crippen LogP contribution in [0.5, 0.6) is 5.75 Å². The third kappa shape index (κ3) is 2.72. The number of carboxylic acids is 1. The van der Waals surface area contributed by atoms with Crippen LogP contribution in [0.2, 0.25) is 0 Å². The van der Waals surface area contributed by atoms with Crippen LogP contribution in [0.15, 0.2) is 24.3 Å². The first-order chi connectivity index (χ1) is 9.75. The summed E-state index contributed by atoms with van der Waals surface area (Å²) in [6.45, 7) is 0.767. The third-order valence-corrected chi connectivity index (χ3v) is 3.06. The molecule has 0 spiro atoms. The Hall–Kier alpha value is -2.44. The van der Waals surface area contributed by atoms with Crippen LogP contribution in [-0.4, -0.2) is 28.0 Å². The molecule has 1 aromatic heterocycles. The molecule has 1 aromatic carbocycles. The van der Waals surface area contributed by atoms with Gasteiger partial charge in [0.25, 0.3) is 5.92 Å². The van der Waals surface area contributed by atoms with Crippen LogP contribution >= 0.6 is 0 Å². The molecule has 0 radical (unpaired) electrons. The Kier molecular flexibility index (Phi) is 3.67. The number of nitrogens with zero attached hydrogens (tertiary/aromatic N) is 2. The number of aromatic carboxylic acids is 1. The number of halogens is 2. The smallest absolute Gasteiger partial charge is 0.356 e. The van der Waals surface area contributed by atoms with Gasteiger partial charge >= 0.3 is 5.97 Å². The van der Waals surface area contributed by atoms with E-state index < -0.39 is 11.9 Å². The van der Waals surface area contributed by atoms with Crippen molar-refractivity contribution in [2.75, 3.05) is 7.11 Å². The molecule has 112 valence electrons. The fourth-order valence-corrected chi connectivity index (χ4v) is 2.19. The van der Waals surface area contributed by atoms with Crippen LogP contribution < -0.4 is 4.74 Å². The van der Waals surface area contributed by atoms with Gasteiger partial charge in [-0.3, -0.25) is 4.68 Å². The van der Waals surface area contributed by atoms with E-state index in [1.807, 2.05) is 0 Å². The summed E-state index contributed by atoms with van der Waals surface area (Å²) in [5, 5.41) is 12.7. The van der Waals surface area contributed by atoms with Gasteiger partial charge in [0.1, 0.15) is 5.75 Å². The summed E-state index contributed by atoms with van der Waals surface area (Å²) >= 11 is 0. The van der Waals surface area contributed by atoms with Crippen LogP contribution in [0.25, 0.3) is 11.3 Å². The van der Waals surface area contributed by atoms with E-state index in [0.29, 0.717) is 0 Å². The zero-order valence-corrected chi connectivity index (χ0v) is 11.7. The molecule has 0 atom stereocenters. The Labute approximate surface area is 119 Å². The Balaban J connectivity index is 2.72. The second-order valence-electron chi connectivity index (χ2n) is 4.61. The van der Waals surface area contributed by atoms with Crippen molar-refractivity contribution in [1.29, 1.82) is 0 Å². The highest BCUT2D eigenvalue weighted by Gasteiger charge is 2.33. The standard InChI is InChI=1S/C14H14F2N2O3/c1-14(15,16)12-8(5-4-6-11(12)21-3)10-7-9(13(19)20)17-18(10)2/h4-7H,1-3H3,(H,19,20). The number of aromatic nitrogens is 2. The summed E-state index contributed by atoms with van der Waals surface area (Å²) in [5.74, 6) is -4.32. The van der Waals surface area contributed by atoms with Gasteiger partial charge in [0.15, 0.2) is 5.69 Å². The highest BCUT2D eigenvalue weighted by molar-refractivity contribution is 5.87. The Morgan fingerprint density at radius 3 is 2.57 bits per heavy atom. The molecular formula is C14H14F2N2O3. The summed E-state index contributed by atoms with van der Waals surface area (Å²) < 4.78 is 34.1. The van der Waals surface area contributed by atoms with Gasteiger partial charge in [0.05, 0.1) is 18.4 Å². The lowest BCUT2D eigenvalue weighted by atomic mass is 9.98. The number of alkyl halides is 2. The average molecular weight is 296 g/mol. The fraction of sp³-hybridized carbons (Fsp3) is 0.286. The van der Waals surface area contributed by atoms with Gasteiger partial charge in [-0.15, -0.1) is 0 Å². The summed E-state index contributed by atoms with van der Waals surface area (Å²) in [4.78, 5) is 11.0. The molecule has 21 heavy (non-hydrogen) atoms. The predicted octanol–water partition coefficient (Wildman–Crippen LogP) is 2.91. The van der Waals surface area contributed by atoms with E-state index in [2.05, 4.69) is 5.10 Å². The van der Waals surface area contributed by atoms with Crippen molar-refractivity contribution in [2.24, 2.45) is 7.05 Å². The Morgan fingerprint density at radius 2 is 2.10 bits per heavy atom. The third-order valence-electron chi connectivity index (χ3n) is 3.06. The summed E-state index contributed by atoms with van der Waals surface area (Å²) in [6, 6.07) is 5.74. The molecular weight excluding hydrogens is 282 g/mol. The number of rotatable bonds is 4. The number of ether oxygens (including phenoxy) is 1. The number of carbonyl (C=O) groups is 1. The normalized spacial score (nSPS) is 11.5. The van der Waals surface area contributed by atoms with E-state index in [1.165, 1.54) is 37.0 Å². The molecule has 7 heteroatoms. The van der Waals surface area contributed by atoms with Gasteiger partial charge in [-0.25, -0.2) is 13.6 Å². The zero-order valence-electron chi connectivity index (χ0n) is 11.7. The molecule has 0 aliphatic carbocycles. The first kappa shape index (κ1) is 15.0. The van der Waals surface area contributed by atoms with Crippen LogP contribution in [0, 0.1) is 0 Å². The molecule has 2 aromatic rings. The number of aryl methyl sites for hydroxylation is 1. The molecule has 0 fully saturated rings. The van der Waals surface area contributed by atoms with E-state index in [-0.39, 0.29) is 28.3 Å². The van der Waals surface area contributed by atoms with E-state index in [4.69, 9.17) is 9.84 Å².